The van der Waals surface area contributed by atoms with Crippen molar-refractivity contribution >= 4 is 52.6 Å². The summed E-state index contributed by atoms with van der Waals surface area (Å²) in [6, 6.07) is 8.70. The monoisotopic (exact) mass is 507 g/mol. The van der Waals surface area contributed by atoms with Gasteiger partial charge in [0.15, 0.2) is 5.16 Å². The Kier molecular flexibility index (Phi) is 7.98. The van der Waals surface area contributed by atoms with E-state index in [1.165, 1.54) is 18.2 Å². The van der Waals surface area contributed by atoms with Crippen LogP contribution in [0.1, 0.15) is 36.5 Å². The van der Waals surface area contributed by atoms with Crippen LogP contribution in [-0.2, 0) is 4.79 Å². The summed E-state index contributed by atoms with van der Waals surface area (Å²) in [5, 5.41) is 1.45. The molecule has 1 atom stereocenters. The van der Waals surface area contributed by atoms with E-state index in [9.17, 15) is 9.59 Å². The van der Waals surface area contributed by atoms with Crippen molar-refractivity contribution in [1.29, 1.82) is 0 Å². The number of carbonyl (C=O) groups is 2. The molecule has 4 rings (SSSR count). The van der Waals surface area contributed by atoms with Gasteiger partial charge in [-0.2, -0.15) is 0 Å². The van der Waals surface area contributed by atoms with Gasteiger partial charge in [0.2, 0.25) is 5.91 Å². The summed E-state index contributed by atoms with van der Waals surface area (Å²) >= 11 is 13.5. The molecule has 0 N–H and O–H groups in total. The molecule has 2 aliphatic rings. The van der Waals surface area contributed by atoms with Gasteiger partial charge < -0.3 is 14.7 Å². The van der Waals surface area contributed by atoms with Crippen LogP contribution in [0, 0.1) is 0 Å². The number of thioether (sulfide) groups is 1. The van der Waals surface area contributed by atoms with Crippen molar-refractivity contribution in [3.8, 4) is 0 Å². The SMILES string of the molecule is CC1CN(c2cc(Cl)nc(SCC(=O)N3CCCCC3)n2)CCN1C(=O)c1ccc(Cl)cc1. The highest BCUT2D eigenvalue weighted by Gasteiger charge is 2.29. The van der Waals surface area contributed by atoms with Gasteiger partial charge in [-0.05, 0) is 50.5 Å². The smallest absolute Gasteiger partial charge is 0.254 e. The lowest BCUT2D eigenvalue weighted by atomic mass is 10.1. The number of amides is 2. The molecule has 0 saturated carbocycles. The molecule has 1 aromatic carbocycles. The minimum atomic E-state index is -0.00740. The number of carbonyl (C=O) groups excluding carboxylic acids is 2. The van der Waals surface area contributed by atoms with Crippen LogP contribution in [0.25, 0.3) is 0 Å². The second-order valence-electron chi connectivity index (χ2n) is 8.36. The first-order valence-electron chi connectivity index (χ1n) is 11.2. The summed E-state index contributed by atoms with van der Waals surface area (Å²) in [6.07, 6.45) is 3.33. The molecule has 0 spiro atoms. The number of aromatic nitrogens is 2. The predicted octanol–water partition coefficient (Wildman–Crippen LogP) is 4.24. The van der Waals surface area contributed by atoms with Crippen molar-refractivity contribution < 1.29 is 9.59 Å². The van der Waals surface area contributed by atoms with E-state index in [4.69, 9.17) is 23.2 Å². The minimum absolute atomic E-state index is 0.00699. The standard InChI is InChI=1S/C23H27Cl2N5O2S/c1-16-14-29(11-12-30(16)22(32)17-5-7-18(24)8-6-17)20-13-19(25)26-23(27-20)33-15-21(31)28-9-3-2-4-10-28/h5-8,13,16H,2-4,9-12,14-15H2,1H3. The Morgan fingerprint density at radius 1 is 1.03 bits per heavy atom. The van der Waals surface area contributed by atoms with Gasteiger partial charge in [0, 0.05) is 55.4 Å². The molecule has 3 heterocycles. The summed E-state index contributed by atoms with van der Waals surface area (Å²) in [6.45, 7) is 5.52. The molecule has 0 bridgehead atoms. The average Bonchev–Trinajstić information content (AvgIpc) is 2.83. The Bertz CT molecular complexity index is 1000. The van der Waals surface area contributed by atoms with Crippen molar-refractivity contribution in [3.05, 3.63) is 46.1 Å². The molecule has 0 radical (unpaired) electrons. The van der Waals surface area contributed by atoms with Crippen LogP contribution in [0.3, 0.4) is 0 Å². The minimum Gasteiger partial charge on any atom is -0.353 e. The third-order valence-electron chi connectivity index (χ3n) is 6.00. The number of piperazine rings is 1. The Balaban J connectivity index is 1.38. The van der Waals surface area contributed by atoms with Crippen LogP contribution >= 0.6 is 35.0 Å². The third kappa shape index (κ3) is 6.11. The molecule has 33 heavy (non-hydrogen) atoms. The topological polar surface area (TPSA) is 69.6 Å². The lowest BCUT2D eigenvalue weighted by Crippen LogP contribution is -2.54. The van der Waals surface area contributed by atoms with Gasteiger partial charge in [-0.15, -0.1) is 0 Å². The number of benzene rings is 1. The van der Waals surface area contributed by atoms with Gasteiger partial charge in [-0.25, -0.2) is 9.97 Å². The van der Waals surface area contributed by atoms with Crippen LogP contribution in [-0.4, -0.2) is 76.1 Å². The zero-order valence-corrected chi connectivity index (χ0v) is 20.9. The summed E-state index contributed by atoms with van der Waals surface area (Å²) in [4.78, 5) is 40.3. The summed E-state index contributed by atoms with van der Waals surface area (Å²) in [7, 11) is 0. The van der Waals surface area contributed by atoms with Crippen LogP contribution in [0.2, 0.25) is 10.2 Å². The molecule has 176 valence electrons. The number of hydrogen-bond acceptors (Lipinski definition) is 6. The van der Waals surface area contributed by atoms with Crippen molar-refractivity contribution in [2.75, 3.05) is 43.4 Å². The van der Waals surface area contributed by atoms with Crippen LogP contribution in [0.15, 0.2) is 35.5 Å². The molecule has 0 aliphatic carbocycles. The Hall–Kier alpha value is -2.03. The van der Waals surface area contributed by atoms with Gasteiger partial charge in [-0.3, -0.25) is 9.59 Å². The first-order chi connectivity index (χ1) is 15.9. The molecular formula is C23H27Cl2N5O2S. The van der Waals surface area contributed by atoms with Crippen LogP contribution < -0.4 is 4.90 Å². The molecule has 2 amide bonds. The van der Waals surface area contributed by atoms with E-state index >= 15 is 0 Å². The zero-order chi connectivity index (χ0) is 23.4. The van der Waals surface area contributed by atoms with Gasteiger partial charge in [0.25, 0.3) is 5.91 Å². The highest BCUT2D eigenvalue weighted by atomic mass is 35.5. The normalized spacial score (nSPS) is 19.0. The number of hydrogen-bond donors (Lipinski definition) is 0. The lowest BCUT2D eigenvalue weighted by molar-refractivity contribution is -0.129. The number of halogens is 2. The first-order valence-corrected chi connectivity index (χ1v) is 12.9. The molecule has 2 aromatic rings. The molecule has 2 aliphatic heterocycles. The molecular weight excluding hydrogens is 481 g/mol. The van der Waals surface area contributed by atoms with Crippen LogP contribution in [0.5, 0.6) is 0 Å². The number of rotatable bonds is 5. The lowest BCUT2D eigenvalue weighted by Gasteiger charge is -2.40. The van der Waals surface area contributed by atoms with Gasteiger partial charge >= 0.3 is 0 Å². The quantitative estimate of drug-likeness (QED) is 0.342. The number of anilines is 1. The molecule has 1 aromatic heterocycles. The fraction of sp³-hybridized carbons (Fsp3) is 0.478. The molecule has 7 nitrogen and oxygen atoms in total. The van der Waals surface area contributed by atoms with Crippen molar-refractivity contribution in [2.24, 2.45) is 0 Å². The van der Waals surface area contributed by atoms with E-state index < -0.39 is 0 Å². The first kappa shape index (κ1) is 24.1. The predicted molar refractivity (Wildman–Crippen MR) is 132 cm³/mol. The fourth-order valence-electron chi connectivity index (χ4n) is 4.20. The largest absolute Gasteiger partial charge is 0.353 e. The van der Waals surface area contributed by atoms with Gasteiger partial charge in [0.05, 0.1) is 5.75 Å². The van der Waals surface area contributed by atoms with Crippen molar-refractivity contribution in [3.63, 3.8) is 0 Å². The van der Waals surface area contributed by atoms with Crippen LogP contribution in [0.4, 0.5) is 5.82 Å². The summed E-state index contributed by atoms with van der Waals surface area (Å²) in [5.74, 6) is 1.13. The molecule has 2 saturated heterocycles. The Morgan fingerprint density at radius 3 is 2.45 bits per heavy atom. The maximum atomic E-state index is 12.9. The zero-order valence-electron chi connectivity index (χ0n) is 18.5. The molecule has 2 fully saturated rings. The molecule has 1 unspecified atom stereocenters. The van der Waals surface area contributed by atoms with Gasteiger partial charge in [0.1, 0.15) is 11.0 Å². The van der Waals surface area contributed by atoms with E-state index in [1.54, 1.807) is 30.3 Å². The van der Waals surface area contributed by atoms with E-state index in [0.29, 0.717) is 52.1 Å². The highest BCUT2D eigenvalue weighted by Crippen LogP contribution is 2.25. The Labute approximate surface area is 208 Å². The van der Waals surface area contributed by atoms with E-state index in [1.807, 2.05) is 16.7 Å². The summed E-state index contributed by atoms with van der Waals surface area (Å²) < 4.78 is 0. The van der Waals surface area contributed by atoms with Gasteiger partial charge in [-0.1, -0.05) is 35.0 Å². The Morgan fingerprint density at radius 2 is 1.76 bits per heavy atom. The maximum absolute atomic E-state index is 12.9. The number of nitrogens with zero attached hydrogens (tertiary/aromatic N) is 5. The number of likely N-dealkylation sites (tertiary alicyclic amines) is 1. The molecule has 10 heteroatoms. The second kappa shape index (κ2) is 10.9. The van der Waals surface area contributed by atoms with E-state index in [0.717, 1.165) is 25.9 Å². The van der Waals surface area contributed by atoms with E-state index in [2.05, 4.69) is 14.9 Å². The second-order valence-corrected chi connectivity index (χ2v) is 10.1. The highest BCUT2D eigenvalue weighted by molar-refractivity contribution is 7.99. The van der Waals surface area contributed by atoms with Crippen molar-refractivity contribution in [1.82, 2.24) is 19.8 Å². The summed E-state index contributed by atoms with van der Waals surface area (Å²) in [5.41, 5.74) is 0.627. The van der Waals surface area contributed by atoms with E-state index in [-0.39, 0.29) is 17.9 Å². The fourth-order valence-corrected chi connectivity index (χ4v) is 5.31. The third-order valence-corrected chi connectivity index (χ3v) is 7.28. The number of piperidine rings is 1. The average molecular weight is 508 g/mol. The van der Waals surface area contributed by atoms with Crippen molar-refractivity contribution in [2.45, 2.75) is 37.4 Å². The maximum Gasteiger partial charge on any atom is 0.254 e.